The maximum atomic E-state index is 11.4. The average molecular weight is 228 g/mol. The van der Waals surface area contributed by atoms with E-state index in [0.29, 0.717) is 19.5 Å². The van der Waals surface area contributed by atoms with Crippen LogP contribution >= 0.6 is 0 Å². The van der Waals surface area contributed by atoms with E-state index in [1.54, 1.807) is 4.90 Å². The Morgan fingerprint density at radius 2 is 1.81 bits per heavy atom. The molecule has 4 heteroatoms. The van der Waals surface area contributed by atoms with Crippen molar-refractivity contribution >= 4 is 11.8 Å². The van der Waals surface area contributed by atoms with E-state index in [0.717, 1.165) is 6.42 Å². The first kappa shape index (κ1) is 14.9. The minimum Gasteiger partial charge on any atom is -0.356 e. The van der Waals surface area contributed by atoms with Gasteiger partial charge in [-0.2, -0.15) is 0 Å². The first-order chi connectivity index (χ1) is 7.29. The van der Waals surface area contributed by atoms with Crippen LogP contribution in [-0.4, -0.2) is 35.3 Å². The van der Waals surface area contributed by atoms with Crippen molar-refractivity contribution in [2.45, 2.75) is 53.0 Å². The van der Waals surface area contributed by atoms with Gasteiger partial charge in [0.1, 0.15) is 0 Å². The predicted molar refractivity (Wildman–Crippen MR) is 65.1 cm³/mol. The van der Waals surface area contributed by atoms with Crippen LogP contribution in [0.5, 0.6) is 0 Å². The van der Waals surface area contributed by atoms with Gasteiger partial charge in [-0.3, -0.25) is 9.59 Å². The average Bonchev–Trinajstić information content (AvgIpc) is 2.12. The summed E-state index contributed by atoms with van der Waals surface area (Å²) in [5.41, 5.74) is -0.225. The van der Waals surface area contributed by atoms with Crippen molar-refractivity contribution in [1.82, 2.24) is 10.2 Å². The summed E-state index contributed by atoms with van der Waals surface area (Å²) in [5, 5.41) is 2.80. The summed E-state index contributed by atoms with van der Waals surface area (Å²) in [7, 11) is 0. The van der Waals surface area contributed by atoms with Crippen molar-refractivity contribution < 1.29 is 9.59 Å². The van der Waals surface area contributed by atoms with Crippen molar-refractivity contribution in [2.24, 2.45) is 0 Å². The van der Waals surface area contributed by atoms with Crippen LogP contribution in [-0.2, 0) is 9.59 Å². The molecule has 16 heavy (non-hydrogen) atoms. The van der Waals surface area contributed by atoms with Crippen LogP contribution in [0, 0.1) is 0 Å². The van der Waals surface area contributed by atoms with Crippen LogP contribution in [0.25, 0.3) is 0 Å². The van der Waals surface area contributed by atoms with E-state index in [-0.39, 0.29) is 17.4 Å². The van der Waals surface area contributed by atoms with Gasteiger partial charge < -0.3 is 10.2 Å². The van der Waals surface area contributed by atoms with Gasteiger partial charge in [0.2, 0.25) is 11.8 Å². The van der Waals surface area contributed by atoms with Gasteiger partial charge in [-0.15, -0.1) is 0 Å². The SMILES string of the molecule is CCCNC(=O)CCN(C(C)=O)C(C)(C)C. The van der Waals surface area contributed by atoms with Crippen molar-refractivity contribution in [3.63, 3.8) is 0 Å². The summed E-state index contributed by atoms with van der Waals surface area (Å²) in [5.74, 6) is 0.0214. The van der Waals surface area contributed by atoms with Gasteiger partial charge in [-0.05, 0) is 27.2 Å². The fraction of sp³-hybridized carbons (Fsp3) is 0.833. The summed E-state index contributed by atoms with van der Waals surface area (Å²) in [4.78, 5) is 24.5. The Morgan fingerprint density at radius 3 is 2.19 bits per heavy atom. The number of nitrogens with one attached hydrogen (secondary N) is 1. The van der Waals surface area contributed by atoms with E-state index in [1.807, 2.05) is 27.7 Å². The Bertz CT molecular complexity index is 244. The Morgan fingerprint density at radius 1 is 1.25 bits per heavy atom. The zero-order valence-corrected chi connectivity index (χ0v) is 11.1. The Balaban J connectivity index is 4.14. The smallest absolute Gasteiger partial charge is 0.221 e. The van der Waals surface area contributed by atoms with Crippen LogP contribution in [0.1, 0.15) is 47.5 Å². The monoisotopic (exact) mass is 228 g/mol. The molecule has 0 radical (unpaired) electrons. The largest absolute Gasteiger partial charge is 0.356 e. The maximum Gasteiger partial charge on any atom is 0.221 e. The van der Waals surface area contributed by atoms with Crippen LogP contribution in [0.3, 0.4) is 0 Å². The van der Waals surface area contributed by atoms with Gasteiger partial charge in [0.15, 0.2) is 0 Å². The van der Waals surface area contributed by atoms with E-state index < -0.39 is 0 Å². The van der Waals surface area contributed by atoms with E-state index >= 15 is 0 Å². The first-order valence-corrected chi connectivity index (χ1v) is 5.84. The van der Waals surface area contributed by atoms with E-state index in [1.165, 1.54) is 6.92 Å². The third-order valence-electron chi connectivity index (χ3n) is 2.32. The minimum absolute atomic E-state index is 0.00999. The fourth-order valence-corrected chi connectivity index (χ4v) is 1.53. The molecule has 0 aliphatic heterocycles. The highest BCUT2D eigenvalue weighted by Crippen LogP contribution is 2.13. The third kappa shape index (κ3) is 5.73. The molecule has 0 rings (SSSR count). The second-order valence-corrected chi connectivity index (χ2v) is 4.94. The van der Waals surface area contributed by atoms with Crippen LogP contribution in [0.15, 0.2) is 0 Å². The predicted octanol–water partition coefficient (Wildman–Crippen LogP) is 1.55. The summed E-state index contributed by atoms with van der Waals surface area (Å²) in [6, 6.07) is 0. The number of amides is 2. The number of nitrogens with zero attached hydrogens (tertiary/aromatic N) is 1. The molecule has 0 aromatic rings. The molecule has 94 valence electrons. The topological polar surface area (TPSA) is 49.4 Å². The Kier molecular flexibility index (Phi) is 6.08. The normalized spacial score (nSPS) is 11.1. The van der Waals surface area contributed by atoms with Gasteiger partial charge in [0.25, 0.3) is 0 Å². The highest BCUT2D eigenvalue weighted by atomic mass is 16.2. The van der Waals surface area contributed by atoms with Gasteiger partial charge in [0, 0.05) is 32.0 Å². The summed E-state index contributed by atoms with van der Waals surface area (Å²) < 4.78 is 0. The fourth-order valence-electron chi connectivity index (χ4n) is 1.53. The zero-order chi connectivity index (χ0) is 12.8. The second kappa shape index (κ2) is 6.51. The van der Waals surface area contributed by atoms with Crippen LogP contribution < -0.4 is 5.32 Å². The molecule has 0 bridgehead atoms. The van der Waals surface area contributed by atoms with Gasteiger partial charge in [-0.1, -0.05) is 6.92 Å². The van der Waals surface area contributed by atoms with Gasteiger partial charge in [0.05, 0.1) is 0 Å². The molecule has 0 saturated heterocycles. The van der Waals surface area contributed by atoms with E-state index in [2.05, 4.69) is 5.32 Å². The molecule has 0 spiro atoms. The van der Waals surface area contributed by atoms with Gasteiger partial charge in [-0.25, -0.2) is 0 Å². The molecule has 1 N–H and O–H groups in total. The minimum atomic E-state index is -0.225. The zero-order valence-electron chi connectivity index (χ0n) is 11.1. The Labute approximate surface area is 98.4 Å². The molecule has 0 atom stereocenters. The molecular formula is C12H24N2O2. The Hall–Kier alpha value is -1.06. The molecular weight excluding hydrogens is 204 g/mol. The standard InChI is InChI=1S/C12H24N2O2/c1-6-8-13-11(16)7-9-14(10(2)15)12(3,4)5/h6-9H2,1-5H3,(H,13,16). The summed E-state index contributed by atoms with van der Waals surface area (Å²) in [6.07, 6.45) is 1.30. The molecule has 0 aliphatic carbocycles. The summed E-state index contributed by atoms with van der Waals surface area (Å²) in [6.45, 7) is 10.6. The molecule has 0 unspecified atom stereocenters. The lowest BCUT2D eigenvalue weighted by Gasteiger charge is -2.34. The maximum absolute atomic E-state index is 11.4. The van der Waals surface area contributed by atoms with E-state index in [9.17, 15) is 9.59 Å². The number of hydrogen-bond acceptors (Lipinski definition) is 2. The second-order valence-electron chi connectivity index (χ2n) is 4.94. The quantitative estimate of drug-likeness (QED) is 0.776. The van der Waals surface area contributed by atoms with Crippen LogP contribution in [0.2, 0.25) is 0 Å². The molecule has 0 aliphatic rings. The molecule has 0 heterocycles. The summed E-state index contributed by atoms with van der Waals surface area (Å²) >= 11 is 0. The van der Waals surface area contributed by atoms with Crippen molar-refractivity contribution in [2.75, 3.05) is 13.1 Å². The molecule has 0 saturated carbocycles. The third-order valence-corrected chi connectivity index (χ3v) is 2.32. The van der Waals surface area contributed by atoms with Crippen LogP contribution in [0.4, 0.5) is 0 Å². The highest BCUT2D eigenvalue weighted by Gasteiger charge is 2.23. The van der Waals surface area contributed by atoms with E-state index in [4.69, 9.17) is 0 Å². The molecule has 4 nitrogen and oxygen atoms in total. The van der Waals surface area contributed by atoms with Crippen molar-refractivity contribution in [1.29, 1.82) is 0 Å². The number of hydrogen-bond donors (Lipinski definition) is 1. The number of rotatable bonds is 5. The van der Waals surface area contributed by atoms with Gasteiger partial charge >= 0.3 is 0 Å². The molecule has 2 amide bonds. The highest BCUT2D eigenvalue weighted by molar-refractivity contribution is 5.78. The lowest BCUT2D eigenvalue weighted by molar-refractivity contribution is -0.134. The van der Waals surface area contributed by atoms with Crippen molar-refractivity contribution in [3.05, 3.63) is 0 Å². The lowest BCUT2D eigenvalue weighted by Crippen LogP contribution is -2.46. The lowest BCUT2D eigenvalue weighted by atomic mass is 10.1. The molecule has 0 aromatic heterocycles. The van der Waals surface area contributed by atoms with Crippen molar-refractivity contribution in [3.8, 4) is 0 Å². The number of carbonyl (C=O) groups is 2. The molecule has 0 fully saturated rings. The molecule has 0 aromatic carbocycles. The number of carbonyl (C=O) groups excluding carboxylic acids is 2. The first-order valence-electron chi connectivity index (χ1n) is 5.84.